The van der Waals surface area contributed by atoms with Gasteiger partial charge in [0.05, 0.1) is 0 Å². The lowest BCUT2D eigenvalue weighted by atomic mass is 10.1. The SMILES string of the molecule is Cc1noc(C)c1S(=O)(=O)NCCC(=O)Nc1ccc(C(=O)C2CC2)cc1. The van der Waals surface area contributed by atoms with Crippen LogP contribution >= 0.6 is 0 Å². The third-order valence-electron chi connectivity index (χ3n) is 4.28. The molecule has 1 aliphatic rings. The van der Waals surface area contributed by atoms with Gasteiger partial charge < -0.3 is 9.84 Å². The number of aryl methyl sites for hydroxylation is 2. The summed E-state index contributed by atoms with van der Waals surface area (Å²) in [4.78, 5) is 24.0. The number of carbonyl (C=O) groups is 2. The van der Waals surface area contributed by atoms with Gasteiger partial charge in [0.2, 0.25) is 15.9 Å². The van der Waals surface area contributed by atoms with Gasteiger partial charge in [-0.2, -0.15) is 0 Å². The Labute approximate surface area is 157 Å². The summed E-state index contributed by atoms with van der Waals surface area (Å²) in [5, 5.41) is 6.30. The topological polar surface area (TPSA) is 118 Å². The number of sulfonamides is 1. The molecular weight excluding hydrogens is 370 g/mol. The molecule has 2 aromatic rings. The molecular formula is C18H21N3O5S. The number of nitrogens with zero attached hydrogens (tertiary/aromatic N) is 1. The molecule has 0 radical (unpaired) electrons. The van der Waals surface area contributed by atoms with Crippen molar-refractivity contribution >= 4 is 27.4 Å². The summed E-state index contributed by atoms with van der Waals surface area (Å²) >= 11 is 0. The molecule has 0 atom stereocenters. The minimum Gasteiger partial charge on any atom is -0.360 e. The quantitative estimate of drug-likeness (QED) is 0.666. The highest BCUT2D eigenvalue weighted by molar-refractivity contribution is 7.89. The molecule has 0 bridgehead atoms. The number of Topliss-reactive ketones (excluding diaryl/α,β-unsaturated/α-hetero) is 1. The first-order chi connectivity index (χ1) is 12.8. The molecule has 8 nitrogen and oxygen atoms in total. The summed E-state index contributed by atoms with van der Waals surface area (Å²) in [5.74, 6) is 0.154. The highest BCUT2D eigenvalue weighted by Gasteiger charge is 2.30. The van der Waals surface area contributed by atoms with Crippen molar-refractivity contribution in [1.82, 2.24) is 9.88 Å². The summed E-state index contributed by atoms with van der Waals surface area (Å²) < 4.78 is 31.8. The molecule has 27 heavy (non-hydrogen) atoms. The summed E-state index contributed by atoms with van der Waals surface area (Å²) in [7, 11) is -3.79. The molecule has 0 unspecified atom stereocenters. The van der Waals surface area contributed by atoms with Crippen LogP contribution in [0.2, 0.25) is 0 Å². The summed E-state index contributed by atoms with van der Waals surface area (Å²) in [6.45, 7) is 2.99. The van der Waals surface area contributed by atoms with E-state index in [0.29, 0.717) is 11.3 Å². The number of nitrogens with one attached hydrogen (secondary N) is 2. The Hall–Kier alpha value is -2.52. The van der Waals surface area contributed by atoms with Gasteiger partial charge in [0.1, 0.15) is 10.6 Å². The van der Waals surface area contributed by atoms with Crippen LogP contribution in [0.15, 0.2) is 33.7 Å². The molecule has 1 amide bonds. The van der Waals surface area contributed by atoms with Crippen LogP contribution in [0.25, 0.3) is 0 Å². The Kier molecular flexibility index (Phi) is 5.43. The molecule has 1 saturated carbocycles. The van der Waals surface area contributed by atoms with E-state index in [0.717, 1.165) is 12.8 Å². The number of ketones is 1. The fraction of sp³-hybridized carbons (Fsp3) is 0.389. The number of hydrogen-bond donors (Lipinski definition) is 2. The van der Waals surface area contributed by atoms with Crippen molar-refractivity contribution < 1.29 is 22.5 Å². The lowest BCUT2D eigenvalue weighted by Crippen LogP contribution is -2.28. The lowest BCUT2D eigenvalue weighted by Gasteiger charge is -2.08. The van der Waals surface area contributed by atoms with E-state index < -0.39 is 10.0 Å². The molecule has 9 heteroatoms. The Morgan fingerprint density at radius 2 is 1.85 bits per heavy atom. The second-order valence-electron chi connectivity index (χ2n) is 6.57. The Morgan fingerprint density at radius 3 is 2.41 bits per heavy atom. The van der Waals surface area contributed by atoms with Crippen molar-refractivity contribution in [2.45, 2.75) is 38.0 Å². The zero-order valence-corrected chi connectivity index (χ0v) is 15.9. The largest absolute Gasteiger partial charge is 0.360 e. The number of carbonyl (C=O) groups excluding carboxylic acids is 2. The first kappa shape index (κ1) is 19.2. The molecule has 0 saturated heterocycles. The van der Waals surface area contributed by atoms with Crippen LogP contribution in [-0.2, 0) is 14.8 Å². The Balaban J connectivity index is 1.50. The smallest absolute Gasteiger partial charge is 0.245 e. The normalized spacial score (nSPS) is 14.1. The average molecular weight is 391 g/mol. The van der Waals surface area contributed by atoms with Crippen molar-refractivity contribution in [2.24, 2.45) is 5.92 Å². The van der Waals surface area contributed by atoms with Crippen LogP contribution in [-0.4, -0.2) is 31.8 Å². The number of anilines is 1. The predicted octanol–water partition coefficient (Wildman–Crippen LogP) is 2.19. The van der Waals surface area contributed by atoms with Gasteiger partial charge in [0.25, 0.3) is 0 Å². The van der Waals surface area contributed by atoms with Crippen molar-refractivity contribution in [3.63, 3.8) is 0 Å². The molecule has 0 aliphatic heterocycles. The first-order valence-electron chi connectivity index (χ1n) is 8.64. The summed E-state index contributed by atoms with van der Waals surface area (Å²) in [6.07, 6.45) is 1.85. The lowest BCUT2D eigenvalue weighted by molar-refractivity contribution is -0.116. The molecule has 0 spiro atoms. The van der Waals surface area contributed by atoms with Crippen LogP contribution in [0.3, 0.4) is 0 Å². The molecule has 3 rings (SSSR count). The van der Waals surface area contributed by atoms with Crippen LogP contribution in [0.5, 0.6) is 0 Å². The second kappa shape index (κ2) is 7.61. The van der Waals surface area contributed by atoms with Crippen LogP contribution in [0.4, 0.5) is 5.69 Å². The van der Waals surface area contributed by atoms with E-state index in [1.165, 1.54) is 13.8 Å². The number of rotatable bonds is 8. The van der Waals surface area contributed by atoms with Gasteiger partial charge in [-0.3, -0.25) is 9.59 Å². The minimum absolute atomic E-state index is 0.00109. The van der Waals surface area contributed by atoms with E-state index in [4.69, 9.17) is 4.52 Å². The van der Waals surface area contributed by atoms with E-state index in [-0.39, 0.29) is 46.9 Å². The van der Waals surface area contributed by atoms with E-state index in [1.54, 1.807) is 24.3 Å². The third-order valence-corrected chi connectivity index (χ3v) is 5.99. The maximum atomic E-state index is 12.3. The van der Waals surface area contributed by atoms with Gasteiger partial charge in [-0.15, -0.1) is 0 Å². The fourth-order valence-electron chi connectivity index (χ4n) is 2.75. The van der Waals surface area contributed by atoms with Crippen molar-refractivity contribution in [2.75, 3.05) is 11.9 Å². The predicted molar refractivity (Wildman–Crippen MR) is 97.9 cm³/mol. The fourth-order valence-corrected chi connectivity index (χ4v) is 4.11. The van der Waals surface area contributed by atoms with Crippen molar-refractivity contribution in [3.8, 4) is 0 Å². The highest BCUT2D eigenvalue weighted by atomic mass is 32.2. The number of hydrogen-bond acceptors (Lipinski definition) is 6. The minimum atomic E-state index is -3.79. The van der Waals surface area contributed by atoms with Crippen molar-refractivity contribution in [1.29, 1.82) is 0 Å². The summed E-state index contributed by atoms with van der Waals surface area (Å²) in [5.41, 5.74) is 1.47. The number of benzene rings is 1. The molecule has 2 N–H and O–H groups in total. The number of aromatic nitrogens is 1. The maximum absolute atomic E-state index is 12.3. The van der Waals surface area contributed by atoms with Gasteiger partial charge in [-0.05, 0) is 51.0 Å². The van der Waals surface area contributed by atoms with Gasteiger partial charge in [0, 0.05) is 30.1 Å². The van der Waals surface area contributed by atoms with Gasteiger partial charge in [-0.25, -0.2) is 13.1 Å². The zero-order valence-electron chi connectivity index (χ0n) is 15.1. The second-order valence-corrected chi connectivity index (χ2v) is 8.27. The standard InChI is InChI=1S/C18H21N3O5S/c1-11-18(12(2)26-21-11)27(24,25)19-10-9-16(22)20-15-7-5-14(6-8-15)17(23)13-3-4-13/h5-8,13,19H,3-4,9-10H2,1-2H3,(H,20,22). The molecule has 144 valence electrons. The first-order valence-corrected chi connectivity index (χ1v) is 10.1. The van der Waals surface area contributed by atoms with E-state index >= 15 is 0 Å². The Bertz CT molecular complexity index is 940. The van der Waals surface area contributed by atoms with Crippen LogP contribution < -0.4 is 10.0 Å². The molecule has 1 fully saturated rings. The van der Waals surface area contributed by atoms with Crippen LogP contribution in [0.1, 0.15) is 41.1 Å². The van der Waals surface area contributed by atoms with Gasteiger partial charge >= 0.3 is 0 Å². The Morgan fingerprint density at radius 1 is 1.19 bits per heavy atom. The highest BCUT2D eigenvalue weighted by Crippen LogP contribution is 2.32. The molecule has 1 aliphatic carbocycles. The van der Waals surface area contributed by atoms with Gasteiger partial charge in [0.15, 0.2) is 11.5 Å². The molecule has 1 aromatic heterocycles. The van der Waals surface area contributed by atoms with E-state index in [1.807, 2.05) is 0 Å². The monoisotopic (exact) mass is 391 g/mol. The third kappa shape index (κ3) is 4.61. The van der Waals surface area contributed by atoms with Crippen molar-refractivity contribution in [3.05, 3.63) is 41.3 Å². The van der Waals surface area contributed by atoms with Gasteiger partial charge in [-0.1, -0.05) is 5.16 Å². The van der Waals surface area contributed by atoms with E-state index in [9.17, 15) is 18.0 Å². The number of amides is 1. The molecule has 1 aromatic carbocycles. The zero-order chi connectivity index (χ0) is 19.6. The summed E-state index contributed by atoms with van der Waals surface area (Å²) in [6, 6.07) is 6.72. The average Bonchev–Trinajstić information content (AvgIpc) is 3.39. The maximum Gasteiger partial charge on any atom is 0.245 e. The molecule has 1 heterocycles. The van der Waals surface area contributed by atoms with E-state index in [2.05, 4.69) is 15.2 Å². The van der Waals surface area contributed by atoms with Crippen LogP contribution in [0, 0.1) is 19.8 Å².